The van der Waals surface area contributed by atoms with Gasteiger partial charge in [0.15, 0.2) is 5.78 Å². The lowest BCUT2D eigenvalue weighted by Crippen LogP contribution is -2.30. The number of nitrogens with one attached hydrogen (secondary N) is 1. The second-order valence-electron chi connectivity index (χ2n) is 4.25. The minimum absolute atomic E-state index is 0.195. The molecule has 0 saturated carbocycles. The Morgan fingerprint density at radius 3 is 2.18 bits per heavy atom. The van der Waals surface area contributed by atoms with E-state index in [4.69, 9.17) is 25.4 Å². The quantitative estimate of drug-likeness (QED) is 0.547. The second-order valence-corrected chi connectivity index (χ2v) is 6.63. The predicted molar refractivity (Wildman–Crippen MR) is 85.5 cm³/mol. The first kappa shape index (κ1) is 19.0. The number of alkyl halides is 1. The summed E-state index contributed by atoms with van der Waals surface area (Å²) in [5.74, 6) is -0.981. The van der Waals surface area contributed by atoms with Gasteiger partial charge < -0.3 is 19.1 Å². The van der Waals surface area contributed by atoms with Gasteiger partial charge in [-0.15, -0.1) is 11.6 Å². The normalized spacial score (nSPS) is 12.7. The molecular formula is C14H21ClNO5P. The Balaban J connectivity index is 3.19. The Morgan fingerprint density at radius 1 is 1.23 bits per heavy atom. The zero-order valence-corrected chi connectivity index (χ0v) is 14.5. The van der Waals surface area contributed by atoms with E-state index in [0.29, 0.717) is 11.3 Å². The van der Waals surface area contributed by atoms with Crippen molar-refractivity contribution in [1.82, 2.24) is 5.32 Å². The van der Waals surface area contributed by atoms with Crippen molar-refractivity contribution in [2.24, 2.45) is 0 Å². The van der Waals surface area contributed by atoms with Crippen LogP contribution in [0.1, 0.15) is 25.2 Å². The van der Waals surface area contributed by atoms with E-state index in [1.165, 1.54) is 0 Å². The molecular weight excluding hydrogens is 329 g/mol. The zero-order valence-electron chi connectivity index (χ0n) is 12.9. The van der Waals surface area contributed by atoms with Crippen molar-refractivity contribution in [2.75, 3.05) is 26.2 Å². The van der Waals surface area contributed by atoms with Crippen molar-refractivity contribution in [1.29, 1.82) is 0 Å². The van der Waals surface area contributed by atoms with Gasteiger partial charge in [0.05, 0.1) is 20.3 Å². The number of carbonyl (C=O) groups excluding carboxylic acids is 1. The van der Waals surface area contributed by atoms with Crippen molar-refractivity contribution < 1.29 is 23.1 Å². The molecule has 0 aliphatic carbocycles. The molecule has 1 unspecified atom stereocenters. The van der Waals surface area contributed by atoms with Crippen LogP contribution in [0.5, 0.6) is 5.75 Å². The highest BCUT2D eigenvalue weighted by molar-refractivity contribution is 7.54. The maximum Gasteiger partial charge on any atom is 0.357 e. The molecule has 1 aromatic rings. The van der Waals surface area contributed by atoms with Gasteiger partial charge in [-0.1, -0.05) is 12.1 Å². The monoisotopic (exact) mass is 349 g/mol. The average molecular weight is 350 g/mol. The Kier molecular flexibility index (Phi) is 7.90. The van der Waals surface area contributed by atoms with Gasteiger partial charge >= 0.3 is 7.60 Å². The van der Waals surface area contributed by atoms with Crippen molar-refractivity contribution in [3.05, 3.63) is 29.8 Å². The molecule has 1 rings (SSSR count). The fourth-order valence-electron chi connectivity index (χ4n) is 1.87. The third-order valence-electron chi connectivity index (χ3n) is 2.78. The molecule has 0 spiro atoms. The molecule has 1 atom stereocenters. The molecule has 8 heteroatoms. The van der Waals surface area contributed by atoms with Gasteiger partial charge in [-0.2, -0.15) is 0 Å². The van der Waals surface area contributed by atoms with Crippen LogP contribution in [0.2, 0.25) is 0 Å². The highest BCUT2D eigenvalue weighted by Crippen LogP contribution is 2.59. The van der Waals surface area contributed by atoms with Crippen molar-refractivity contribution in [2.45, 2.75) is 19.6 Å². The summed E-state index contributed by atoms with van der Waals surface area (Å²) in [6, 6.07) is 6.81. The Morgan fingerprint density at radius 2 is 1.77 bits per heavy atom. The Bertz CT molecular complexity index is 512. The average Bonchev–Trinajstić information content (AvgIpc) is 2.53. The van der Waals surface area contributed by atoms with Gasteiger partial charge in [0, 0.05) is 0 Å². The molecule has 124 valence electrons. The Hall–Kier alpha value is -1.07. The highest BCUT2D eigenvalue weighted by Gasteiger charge is 2.38. The number of ether oxygens (including phenoxy) is 1. The number of rotatable bonds is 9. The first-order valence-corrected chi connectivity index (χ1v) is 9.03. The number of benzene rings is 1. The maximum atomic E-state index is 13.0. The number of hydrogen-bond acceptors (Lipinski definition) is 5. The fourth-order valence-corrected chi connectivity index (χ4v) is 3.88. The van der Waals surface area contributed by atoms with E-state index in [2.05, 4.69) is 5.32 Å². The van der Waals surface area contributed by atoms with Gasteiger partial charge in [-0.25, -0.2) is 0 Å². The molecule has 0 saturated heterocycles. The SMILES string of the molecule is CCOP(=O)(OCC)C(NC(=O)CCl)c1ccc(OC)cc1. The maximum absolute atomic E-state index is 13.0. The van der Waals surface area contributed by atoms with Crippen LogP contribution in [0.25, 0.3) is 0 Å². The molecule has 22 heavy (non-hydrogen) atoms. The number of hydrogen-bond donors (Lipinski definition) is 1. The van der Waals surface area contributed by atoms with Gasteiger partial charge in [0.25, 0.3) is 0 Å². The molecule has 6 nitrogen and oxygen atoms in total. The van der Waals surface area contributed by atoms with Crippen LogP contribution in [0.4, 0.5) is 0 Å². The van der Waals surface area contributed by atoms with Gasteiger partial charge in [0.1, 0.15) is 11.6 Å². The van der Waals surface area contributed by atoms with E-state index in [-0.39, 0.29) is 19.1 Å². The summed E-state index contributed by atoms with van der Waals surface area (Å²) in [4.78, 5) is 11.7. The van der Waals surface area contributed by atoms with E-state index in [9.17, 15) is 9.36 Å². The van der Waals surface area contributed by atoms with Crippen LogP contribution >= 0.6 is 19.2 Å². The van der Waals surface area contributed by atoms with Crippen LogP contribution in [0.3, 0.4) is 0 Å². The largest absolute Gasteiger partial charge is 0.497 e. The second kappa shape index (κ2) is 9.16. The van der Waals surface area contributed by atoms with Gasteiger partial charge in [-0.3, -0.25) is 9.36 Å². The summed E-state index contributed by atoms with van der Waals surface area (Å²) >= 11 is 5.53. The van der Waals surface area contributed by atoms with E-state index in [1.807, 2.05) is 0 Å². The number of carbonyl (C=O) groups is 1. The highest BCUT2D eigenvalue weighted by atomic mass is 35.5. The minimum atomic E-state index is -3.57. The summed E-state index contributed by atoms with van der Waals surface area (Å²) in [7, 11) is -2.02. The number of halogens is 1. The lowest BCUT2D eigenvalue weighted by Gasteiger charge is -2.27. The molecule has 0 aliphatic rings. The lowest BCUT2D eigenvalue weighted by atomic mass is 10.2. The molecule has 1 N–H and O–H groups in total. The molecule has 0 radical (unpaired) electrons. The van der Waals surface area contributed by atoms with Gasteiger partial charge in [0.2, 0.25) is 5.91 Å². The topological polar surface area (TPSA) is 73.9 Å². The number of amides is 1. The van der Waals surface area contributed by atoms with Crippen LogP contribution in [0.15, 0.2) is 24.3 Å². The standard InChI is InChI=1S/C14H21ClNO5P/c1-4-20-22(18,21-5-2)14(16-13(17)10-15)11-6-8-12(19-3)9-7-11/h6-9,14H,4-5,10H2,1-3H3,(H,16,17). The van der Waals surface area contributed by atoms with Crippen molar-refractivity contribution in [3.63, 3.8) is 0 Å². The van der Waals surface area contributed by atoms with Crippen LogP contribution in [0, 0.1) is 0 Å². The lowest BCUT2D eigenvalue weighted by molar-refractivity contribution is -0.119. The van der Waals surface area contributed by atoms with E-state index < -0.39 is 19.3 Å². The fraction of sp³-hybridized carbons (Fsp3) is 0.500. The summed E-state index contributed by atoms with van der Waals surface area (Å²) in [5.41, 5.74) is 0.588. The molecule has 0 bridgehead atoms. The van der Waals surface area contributed by atoms with Crippen LogP contribution in [-0.2, 0) is 18.4 Å². The minimum Gasteiger partial charge on any atom is -0.497 e. The first-order valence-electron chi connectivity index (χ1n) is 6.88. The van der Waals surface area contributed by atoms with Crippen molar-refractivity contribution in [3.8, 4) is 5.75 Å². The molecule has 0 heterocycles. The van der Waals surface area contributed by atoms with Gasteiger partial charge in [-0.05, 0) is 31.5 Å². The summed E-state index contributed by atoms with van der Waals surface area (Å²) in [5, 5.41) is 2.61. The summed E-state index contributed by atoms with van der Waals surface area (Å²) in [6.07, 6.45) is 0. The van der Waals surface area contributed by atoms with E-state index >= 15 is 0 Å². The third-order valence-corrected chi connectivity index (χ3v) is 5.32. The zero-order chi connectivity index (χ0) is 16.6. The first-order chi connectivity index (χ1) is 10.5. The smallest absolute Gasteiger partial charge is 0.357 e. The van der Waals surface area contributed by atoms with Crippen LogP contribution < -0.4 is 10.1 Å². The van der Waals surface area contributed by atoms with E-state index in [1.54, 1.807) is 45.2 Å². The predicted octanol–water partition coefficient (Wildman–Crippen LogP) is 3.31. The number of methoxy groups -OCH3 is 1. The Labute approximate surface area is 135 Å². The van der Waals surface area contributed by atoms with E-state index in [0.717, 1.165) is 0 Å². The van der Waals surface area contributed by atoms with Crippen molar-refractivity contribution >= 4 is 25.1 Å². The molecule has 0 aromatic heterocycles. The molecule has 1 aromatic carbocycles. The molecule has 0 aliphatic heterocycles. The molecule has 0 fully saturated rings. The molecule has 1 amide bonds. The summed E-state index contributed by atoms with van der Waals surface area (Å²) in [6.45, 7) is 3.81. The van der Waals surface area contributed by atoms with Crippen LogP contribution in [-0.4, -0.2) is 32.1 Å². The summed E-state index contributed by atoms with van der Waals surface area (Å²) < 4.78 is 28.7. The third kappa shape index (κ3) is 4.99.